The number of hydrogen-bond donors (Lipinski definition) is 2. The van der Waals surface area contributed by atoms with Gasteiger partial charge in [0.05, 0.1) is 4.47 Å². The minimum atomic E-state index is -0.440. The Hall–Kier alpha value is -0.130. The maximum absolute atomic E-state index is 10.8. The van der Waals surface area contributed by atoms with Crippen LogP contribution < -0.4 is 7.84 Å². The van der Waals surface area contributed by atoms with Crippen molar-refractivity contribution < 1.29 is 4.92 Å². The van der Waals surface area contributed by atoms with E-state index < -0.39 is 4.92 Å². The number of nitro groups is 1. The summed E-state index contributed by atoms with van der Waals surface area (Å²) in [7, 11) is 0. The van der Waals surface area contributed by atoms with Gasteiger partial charge < -0.3 is 15.0 Å². The molecule has 2 heterocycles. The Morgan fingerprint density at radius 1 is 1.72 bits per heavy atom. The molecule has 0 saturated carbocycles. The van der Waals surface area contributed by atoms with E-state index in [1.807, 2.05) is 27.8 Å². The molecule has 0 amide bonds. The smallest absolute Gasteiger partial charge is 0.364 e. The fourth-order valence-corrected chi connectivity index (χ4v) is 2.01. The first kappa shape index (κ1) is 15.9. The van der Waals surface area contributed by atoms with E-state index >= 15 is 0 Å². The van der Waals surface area contributed by atoms with Crippen LogP contribution in [0.4, 0.5) is 11.5 Å². The van der Waals surface area contributed by atoms with Gasteiger partial charge >= 0.3 is 5.82 Å². The van der Waals surface area contributed by atoms with Gasteiger partial charge in [0.15, 0.2) is 6.20 Å². The van der Waals surface area contributed by atoms with Crippen LogP contribution in [-0.4, -0.2) is 23.0 Å². The third kappa shape index (κ3) is 4.21. The summed E-state index contributed by atoms with van der Waals surface area (Å²) in [5.74, 6) is 0.536. The van der Waals surface area contributed by atoms with Crippen LogP contribution in [0.5, 0.6) is 0 Å². The molecule has 0 radical (unpaired) electrons. The van der Waals surface area contributed by atoms with Crippen LogP contribution in [0.25, 0.3) is 0 Å². The van der Waals surface area contributed by atoms with Crippen molar-refractivity contribution in [2.75, 3.05) is 18.0 Å². The van der Waals surface area contributed by atoms with E-state index in [-0.39, 0.29) is 5.82 Å². The van der Waals surface area contributed by atoms with Crippen LogP contribution in [0.3, 0.4) is 0 Å². The van der Waals surface area contributed by atoms with E-state index in [2.05, 4.69) is 43.6 Å². The van der Waals surface area contributed by atoms with Crippen molar-refractivity contribution in [1.29, 1.82) is 0 Å². The van der Waals surface area contributed by atoms with Crippen LogP contribution in [0.15, 0.2) is 16.7 Å². The maximum atomic E-state index is 10.8. The van der Waals surface area contributed by atoms with Crippen molar-refractivity contribution in [1.82, 2.24) is 7.92 Å². The molecule has 0 spiro atoms. The maximum Gasteiger partial charge on any atom is 0.387 e. The Labute approximate surface area is 133 Å². The van der Waals surface area contributed by atoms with Gasteiger partial charge in [0.25, 0.3) is 0 Å². The highest BCUT2D eigenvalue weighted by molar-refractivity contribution is 14.1. The summed E-state index contributed by atoms with van der Waals surface area (Å²) in [6.07, 6.45) is 1.45. The molecular formula is C9H12BrIN4O2S. The van der Waals surface area contributed by atoms with E-state index in [9.17, 15) is 10.1 Å². The number of pyridine rings is 1. The average molecular weight is 447 g/mol. The molecule has 1 fully saturated rings. The fourth-order valence-electron chi connectivity index (χ4n) is 1.69. The zero-order valence-electron chi connectivity index (χ0n) is 9.51. The highest BCUT2D eigenvalue weighted by atomic mass is 127. The van der Waals surface area contributed by atoms with Crippen LogP contribution in [0.1, 0.15) is 6.92 Å². The van der Waals surface area contributed by atoms with Gasteiger partial charge in [-0.3, -0.25) is 0 Å². The Balaban J connectivity index is 0.000000492. The van der Waals surface area contributed by atoms with Crippen LogP contribution in [0.2, 0.25) is 0 Å². The molecule has 100 valence electrons. The molecule has 0 unspecified atom stereocenters. The van der Waals surface area contributed by atoms with Crippen LogP contribution in [0, 0.1) is 16.0 Å². The van der Waals surface area contributed by atoms with Crippen LogP contribution in [-0.2, 0) is 0 Å². The molecule has 6 nitrogen and oxygen atoms in total. The minimum absolute atomic E-state index is 0.0647. The second-order valence-electron chi connectivity index (χ2n) is 3.85. The van der Waals surface area contributed by atoms with Crippen molar-refractivity contribution >= 4 is 63.1 Å². The van der Waals surface area contributed by atoms with E-state index in [1.54, 1.807) is 6.07 Å². The van der Waals surface area contributed by atoms with Gasteiger partial charge in [0.2, 0.25) is 0 Å². The average Bonchev–Trinajstić information content (AvgIpc) is 2.25. The zero-order valence-corrected chi connectivity index (χ0v) is 14.1. The number of aromatic nitrogens is 1. The van der Waals surface area contributed by atoms with Gasteiger partial charge in [-0.15, -0.1) is 0 Å². The number of halogens is 2. The molecule has 18 heavy (non-hydrogen) atoms. The molecule has 1 aromatic heterocycles. The summed E-state index contributed by atoms with van der Waals surface area (Å²) < 4.78 is 3.18. The molecule has 1 N–H and O–H groups in total. The lowest BCUT2D eigenvalue weighted by Crippen LogP contribution is -2.45. The summed E-state index contributed by atoms with van der Waals surface area (Å²) in [6, 6.07) is 1.75. The summed E-state index contributed by atoms with van der Waals surface area (Å²) in [4.78, 5) is 16.1. The second-order valence-corrected chi connectivity index (χ2v) is 6.38. The lowest BCUT2D eigenvalue weighted by Gasteiger charge is -2.38. The molecule has 0 aliphatic carbocycles. The largest absolute Gasteiger partial charge is 0.387 e. The molecule has 1 aliphatic heterocycles. The lowest BCUT2D eigenvalue weighted by molar-refractivity contribution is -0.388. The topological polar surface area (TPSA) is 71.3 Å². The molecule has 1 saturated heterocycles. The third-order valence-corrected chi connectivity index (χ3v) is 2.83. The Morgan fingerprint density at radius 3 is 2.72 bits per heavy atom. The van der Waals surface area contributed by atoms with E-state index in [0.29, 0.717) is 11.6 Å². The zero-order chi connectivity index (χ0) is 13.7. The predicted molar refractivity (Wildman–Crippen MR) is 86.1 cm³/mol. The van der Waals surface area contributed by atoms with Gasteiger partial charge in [-0.25, -0.2) is 2.94 Å². The summed E-state index contributed by atoms with van der Waals surface area (Å²) >= 11 is 8.70. The Kier molecular flexibility index (Phi) is 6.60. The van der Waals surface area contributed by atoms with Crippen molar-refractivity contribution in [3.05, 3.63) is 26.9 Å². The molecule has 0 bridgehead atoms. The van der Waals surface area contributed by atoms with Crippen LogP contribution >= 0.6 is 51.6 Å². The lowest BCUT2D eigenvalue weighted by atomic mass is 10.0. The van der Waals surface area contributed by atoms with Gasteiger partial charge in [0, 0.05) is 36.0 Å². The molecule has 0 atom stereocenters. The molecule has 2 rings (SSSR count). The van der Waals surface area contributed by atoms with Gasteiger partial charge in [-0.05, 0) is 37.8 Å². The summed E-state index contributed by atoms with van der Waals surface area (Å²) in [6.45, 7) is 3.84. The van der Waals surface area contributed by atoms with Crippen molar-refractivity contribution in [2.45, 2.75) is 6.92 Å². The SMILES string of the molecule is CC1CN(c2cc(Br)cnc2[N+](=O)[O-])C1.SNI. The molecular weight excluding hydrogens is 435 g/mol. The number of thiol groups is 1. The fraction of sp³-hybridized carbons (Fsp3) is 0.444. The monoisotopic (exact) mass is 446 g/mol. The van der Waals surface area contributed by atoms with Gasteiger partial charge in [-0.1, -0.05) is 19.7 Å². The number of nitrogens with one attached hydrogen (secondary N) is 1. The van der Waals surface area contributed by atoms with E-state index in [0.717, 1.165) is 17.6 Å². The Morgan fingerprint density at radius 2 is 2.28 bits per heavy atom. The first-order valence-electron chi connectivity index (χ1n) is 5.04. The van der Waals surface area contributed by atoms with Crippen molar-refractivity contribution in [3.63, 3.8) is 0 Å². The molecule has 1 aliphatic rings. The first-order chi connectivity index (χ1) is 8.49. The standard InChI is InChI=1S/C9H10BrN3O2.H2INS/c1-6-4-12(5-6)8-2-7(10)3-11-9(8)13(14)15;1-2-3/h2-3,6H,4-5H2,1H3;2-3H. The molecule has 9 heteroatoms. The van der Waals surface area contributed by atoms with E-state index in [1.165, 1.54) is 6.20 Å². The second kappa shape index (κ2) is 7.46. The highest BCUT2D eigenvalue weighted by Gasteiger charge is 2.29. The van der Waals surface area contributed by atoms with E-state index in [4.69, 9.17) is 0 Å². The normalized spacial score (nSPS) is 14.6. The third-order valence-electron chi connectivity index (χ3n) is 2.39. The van der Waals surface area contributed by atoms with Crippen molar-refractivity contribution in [3.8, 4) is 0 Å². The summed E-state index contributed by atoms with van der Waals surface area (Å²) in [5, 5.41) is 10.8. The number of anilines is 1. The highest BCUT2D eigenvalue weighted by Crippen LogP contribution is 2.33. The first-order valence-corrected chi connectivity index (χ1v) is 7.36. The minimum Gasteiger partial charge on any atom is -0.364 e. The molecule has 1 aromatic rings. The predicted octanol–water partition coefficient (Wildman–Crippen LogP) is 2.98. The number of nitrogens with zero attached hydrogens (tertiary/aromatic N) is 3. The van der Waals surface area contributed by atoms with Gasteiger partial charge in [0.1, 0.15) is 5.69 Å². The van der Waals surface area contributed by atoms with Gasteiger partial charge in [-0.2, -0.15) is 0 Å². The van der Waals surface area contributed by atoms with Crippen molar-refractivity contribution in [2.24, 2.45) is 5.92 Å². The Bertz CT molecular complexity index is 431. The summed E-state index contributed by atoms with van der Waals surface area (Å²) in [5.41, 5.74) is 0.604. The molecule has 0 aromatic carbocycles. The number of hydrogen-bond acceptors (Lipinski definition) is 6. The quantitative estimate of drug-likeness (QED) is 0.240. The number of rotatable bonds is 2.